The molecule has 0 aliphatic carbocycles. The molecule has 0 saturated heterocycles. The smallest absolute Gasteiger partial charge is 0.367 e. The Bertz CT molecular complexity index is 1160. The van der Waals surface area contributed by atoms with Crippen LogP contribution in [0.1, 0.15) is 22.3 Å². The van der Waals surface area contributed by atoms with Crippen LogP contribution >= 0.6 is 11.3 Å². The van der Waals surface area contributed by atoms with Crippen LogP contribution in [0, 0.1) is 0 Å². The number of nitrogens with zero attached hydrogens (tertiary/aromatic N) is 1. The van der Waals surface area contributed by atoms with Gasteiger partial charge in [0.1, 0.15) is 0 Å². The van der Waals surface area contributed by atoms with Crippen LogP contribution in [0.3, 0.4) is 0 Å². The lowest BCUT2D eigenvalue weighted by Gasteiger charge is -2.28. The van der Waals surface area contributed by atoms with Gasteiger partial charge in [-0.25, -0.2) is 0 Å². The number of thiazole rings is 1. The van der Waals surface area contributed by atoms with Crippen LogP contribution in [0.2, 0.25) is 0 Å². The Morgan fingerprint density at radius 1 is 1.17 bits per heavy atom. The maximum absolute atomic E-state index is 12.7. The topological polar surface area (TPSA) is 65.2 Å². The fraction of sp³-hybridized carbons (Fsp3) is 0.238. The SMILES string of the molecule is O=C(NCC1=CCN(c2ccc(C(F)(F)F)cc2)CC1)c1ccc2[nH]c(=O)sc2c1. The van der Waals surface area contributed by atoms with Crippen molar-refractivity contribution in [1.29, 1.82) is 0 Å². The third-order valence-electron chi connectivity index (χ3n) is 5.02. The number of alkyl halides is 3. The van der Waals surface area contributed by atoms with Crippen LogP contribution in [0.25, 0.3) is 10.2 Å². The average molecular weight is 433 g/mol. The molecular formula is C21H18F3N3O2S. The number of carbonyl (C=O) groups excluding carboxylic acids is 1. The van der Waals surface area contributed by atoms with Crippen molar-refractivity contribution in [1.82, 2.24) is 10.3 Å². The van der Waals surface area contributed by atoms with E-state index in [2.05, 4.69) is 10.3 Å². The summed E-state index contributed by atoms with van der Waals surface area (Å²) >= 11 is 1.06. The molecular weight excluding hydrogens is 415 g/mol. The van der Waals surface area contributed by atoms with E-state index in [4.69, 9.17) is 0 Å². The van der Waals surface area contributed by atoms with E-state index >= 15 is 0 Å². The predicted octanol–water partition coefficient (Wildman–Crippen LogP) is 4.17. The van der Waals surface area contributed by atoms with Gasteiger partial charge >= 0.3 is 11.0 Å². The van der Waals surface area contributed by atoms with Gasteiger partial charge in [-0.2, -0.15) is 13.2 Å². The number of aromatic amines is 1. The van der Waals surface area contributed by atoms with Crippen molar-refractivity contribution in [3.8, 4) is 0 Å². The molecule has 0 radical (unpaired) electrons. The second kappa shape index (κ2) is 7.98. The number of hydrogen-bond acceptors (Lipinski definition) is 4. The molecule has 1 aliphatic heterocycles. The summed E-state index contributed by atoms with van der Waals surface area (Å²) in [5, 5.41) is 2.88. The van der Waals surface area contributed by atoms with Crippen molar-refractivity contribution >= 4 is 33.1 Å². The van der Waals surface area contributed by atoms with Crippen molar-refractivity contribution in [3.05, 3.63) is 74.9 Å². The lowest BCUT2D eigenvalue weighted by Crippen LogP contribution is -2.32. The Morgan fingerprint density at radius 2 is 1.93 bits per heavy atom. The number of benzene rings is 2. The molecule has 0 bridgehead atoms. The minimum Gasteiger partial charge on any atom is -0.367 e. The van der Waals surface area contributed by atoms with Crippen molar-refractivity contribution < 1.29 is 18.0 Å². The van der Waals surface area contributed by atoms with Crippen molar-refractivity contribution in [3.63, 3.8) is 0 Å². The Kier molecular flexibility index (Phi) is 5.38. The molecule has 9 heteroatoms. The average Bonchev–Trinajstić information content (AvgIpc) is 3.11. The molecule has 0 atom stereocenters. The van der Waals surface area contributed by atoms with Crippen molar-refractivity contribution in [2.75, 3.05) is 24.5 Å². The third-order valence-corrected chi connectivity index (χ3v) is 5.87. The van der Waals surface area contributed by atoms with E-state index in [1.807, 2.05) is 11.0 Å². The van der Waals surface area contributed by atoms with E-state index in [1.165, 1.54) is 12.1 Å². The van der Waals surface area contributed by atoms with Gasteiger partial charge in [-0.15, -0.1) is 0 Å². The normalized spacial score (nSPS) is 14.6. The van der Waals surface area contributed by atoms with Crippen LogP contribution < -0.4 is 15.1 Å². The minimum absolute atomic E-state index is 0.160. The van der Waals surface area contributed by atoms with Gasteiger partial charge in [0.2, 0.25) is 0 Å². The van der Waals surface area contributed by atoms with Crippen LogP contribution in [-0.4, -0.2) is 30.5 Å². The largest absolute Gasteiger partial charge is 0.416 e. The summed E-state index contributed by atoms with van der Waals surface area (Å²) in [4.78, 5) is 28.3. The van der Waals surface area contributed by atoms with Gasteiger partial charge in [-0.05, 0) is 48.9 Å². The number of H-pyrrole nitrogens is 1. The van der Waals surface area contributed by atoms with Gasteiger partial charge in [0, 0.05) is 30.9 Å². The van der Waals surface area contributed by atoms with Gasteiger partial charge in [-0.3, -0.25) is 9.59 Å². The molecule has 4 rings (SSSR count). The van der Waals surface area contributed by atoms with Gasteiger partial charge < -0.3 is 15.2 Å². The fourth-order valence-corrected chi connectivity index (χ4v) is 4.13. The van der Waals surface area contributed by atoms with E-state index in [0.29, 0.717) is 37.1 Å². The summed E-state index contributed by atoms with van der Waals surface area (Å²) in [6.45, 7) is 1.64. The van der Waals surface area contributed by atoms with Gasteiger partial charge in [0.25, 0.3) is 5.91 Å². The van der Waals surface area contributed by atoms with Gasteiger partial charge in [-0.1, -0.05) is 23.0 Å². The number of aromatic nitrogens is 1. The number of carbonyl (C=O) groups is 1. The van der Waals surface area contributed by atoms with E-state index < -0.39 is 11.7 Å². The second-order valence-electron chi connectivity index (χ2n) is 7.01. The van der Waals surface area contributed by atoms with E-state index in [9.17, 15) is 22.8 Å². The Hall–Kier alpha value is -3.07. The summed E-state index contributed by atoms with van der Waals surface area (Å²) < 4.78 is 38.8. The summed E-state index contributed by atoms with van der Waals surface area (Å²) in [6.07, 6.45) is -1.64. The molecule has 0 saturated carbocycles. The Balaban J connectivity index is 1.34. The first-order valence-electron chi connectivity index (χ1n) is 9.31. The third kappa shape index (κ3) is 4.40. The highest BCUT2D eigenvalue weighted by Gasteiger charge is 2.30. The number of halogens is 3. The quantitative estimate of drug-likeness (QED) is 0.607. The highest BCUT2D eigenvalue weighted by molar-refractivity contribution is 7.16. The highest BCUT2D eigenvalue weighted by atomic mass is 32.1. The van der Waals surface area contributed by atoms with Crippen LogP contribution in [0.15, 0.2) is 58.9 Å². The zero-order chi connectivity index (χ0) is 21.3. The highest BCUT2D eigenvalue weighted by Crippen LogP contribution is 2.31. The Labute approximate surface area is 173 Å². The molecule has 1 aromatic heterocycles. The van der Waals surface area contributed by atoms with E-state index in [0.717, 1.165) is 39.4 Å². The van der Waals surface area contributed by atoms with Crippen LogP contribution in [0.5, 0.6) is 0 Å². The van der Waals surface area contributed by atoms with Crippen LogP contribution in [-0.2, 0) is 6.18 Å². The minimum atomic E-state index is -4.34. The predicted molar refractivity (Wildman–Crippen MR) is 111 cm³/mol. The standard InChI is InChI=1S/C21H18F3N3O2S/c22-21(23,24)15-2-4-16(5-3-15)27-9-7-13(8-10-27)12-25-19(28)14-1-6-17-18(11-14)30-20(29)26-17/h1-7,11H,8-10,12H2,(H,25,28)(H,26,29). The van der Waals surface area contributed by atoms with Crippen molar-refractivity contribution in [2.45, 2.75) is 12.6 Å². The lowest BCUT2D eigenvalue weighted by molar-refractivity contribution is -0.137. The summed E-state index contributed by atoms with van der Waals surface area (Å²) in [5.74, 6) is -0.219. The molecule has 1 amide bonds. The molecule has 3 aromatic rings. The Morgan fingerprint density at radius 3 is 2.60 bits per heavy atom. The molecule has 0 spiro atoms. The maximum atomic E-state index is 12.7. The first kappa shape index (κ1) is 20.2. The number of anilines is 1. The molecule has 2 N–H and O–H groups in total. The molecule has 2 heterocycles. The zero-order valence-electron chi connectivity index (χ0n) is 15.8. The molecule has 0 fully saturated rings. The number of hydrogen-bond donors (Lipinski definition) is 2. The maximum Gasteiger partial charge on any atom is 0.416 e. The molecule has 5 nitrogen and oxygen atoms in total. The summed E-state index contributed by atoms with van der Waals surface area (Å²) in [7, 11) is 0. The molecule has 156 valence electrons. The van der Waals surface area contributed by atoms with Crippen LogP contribution in [0.4, 0.5) is 18.9 Å². The first-order valence-corrected chi connectivity index (χ1v) is 10.1. The molecule has 0 unspecified atom stereocenters. The van der Waals surface area contributed by atoms with Gasteiger partial charge in [0.05, 0.1) is 15.8 Å². The van der Waals surface area contributed by atoms with E-state index in [-0.39, 0.29) is 10.8 Å². The number of nitrogens with one attached hydrogen (secondary N) is 2. The van der Waals surface area contributed by atoms with Gasteiger partial charge in [0.15, 0.2) is 0 Å². The lowest BCUT2D eigenvalue weighted by atomic mass is 10.1. The van der Waals surface area contributed by atoms with E-state index in [1.54, 1.807) is 18.2 Å². The molecule has 30 heavy (non-hydrogen) atoms. The monoisotopic (exact) mass is 433 g/mol. The number of amides is 1. The van der Waals surface area contributed by atoms with Crippen molar-refractivity contribution in [2.24, 2.45) is 0 Å². The fourth-order valence-electron chi connectivity index (χ4n) is 3.35. The zero-order valence-corrected chi connectivity index (χ0v) is 16.6. The number of fused-ring (bicyclic) bond motifs is 1. The second-order valence-corrected chi connectivity index (χ2v) is 8.03. The first-order chi connectivity index (χ1) is 14.3. The summed E-state index contributed by atoms with van der Waals surface area (Å²) in [6, 6.07) is 10.2. The molecule has 1 aliphatic rings. The number of rotatable bonds is 4. The molecule has 2 aromatic carbocycles. The summed E-state index contributed by atoms with van der Waals surface area (Å²) in [5.41, 5.74) is 2.34.